The average molecular weight is 344 g/mol. The summed E-state index contributed by atoms with van der Waals surface area (Å²) in [6.45, 7) is 4.09. The second-order valence-corrected chi connectivity index (χ2v) is 7.74. The fourth-order valence-corrected chi connectivity index (χ4v) is 4.87. The highest BCUT2D eigenvalue weighted by Crippen LogP contribution is 2.50. The van der Waals surface area contributed by atoms with Crippen molar-refractivity contribution in [1.82, 2.24) is 10.2 Å². The number of nitrogens with one attached hydrogen (secondary N) is 1. The minimum atomic E-state index is -0.279. The summed E-state index contributed by atoms with van der Waals surface area (Å²) in [7, 11) is 0. The van der Waals surface area contributed by atoms with Crippen molar-refractivity contribution < 1.29 is 14.6 Å². The molecule has 5 nitrogen and oxygen atoms in total. The number of hydrogen-bond acceptors (Lipinski definition) is 3. The number of nitrogens with zero attached hydrogens (tertiary/aromatic N) is 1. The van der Waals surface area contributed by atoms with Crippen molar-refractivity contribution in [3.63, 3.8) is 0 Å². The normalized spacial score (nSPS) is 27.8. The van der Waals surface area contributed by atoms with Crippen molar-refractivity contribution in [3.8, 4) is 0 Å². The quantitative estimate of drug-likeness (QED) is 0.883. The lowest BCUT2D eigenvalue weighted by Crippen LogP contribution is -2.63. The summed E-state index contributed by atoms with van der Waals surface area (Å²) in [4.78, 5) is 14.5. The Morgan fingerprint density at radius 2 is 1.92 bits per heavy atom. The van der Waals surface area contributed by atoms with Gasteiger partial charge in [0.2, 0.25) is 0 Å². The van der Waals surface area contributed by atoms with Crippen molar-refractivity contribution >= 4 is 6.03 Å². The molecule has 2 atom stereocenters. The monoisotopic (exact) mass is 344 g/mol. The SMILES string of the molecule is CCO[C@@H]1C[C@H](O)C12CCN(C(=O)NC1Cc3ccccc3C1)CC2. The number of piperidine rings is 1. The minimum Gasteiger partial charge on any atom is -0.392 e. The van der Waals surface area contributed by atoms with Crippen LogP contribution in [-0.4, -0.2) is 54.0 Å². The van der Waals surface area contributed by atoms with E-state index in [9.17, 15) is 9.90 Å². The smallest absolute Gasteiger partial charge is 0.317 e. The standard InChI is InChI=1S/C20H28N2O3/c1-2-25-18-13-17(23)20(18)7-9-22(10-8-20)19(24)21-16-11-14-5-3-4-6-15(14)12-16/h3-6,16-18,23H,2,7-13H2,1H3,(H,21,24)/t17-,18+/m0/s1. The van der Waals surface area contributed by atoms with Crippen LogP contribution >= 0.6 is 0 Å². The fraction of sp³-hybridized carbons (Fsp3) is 0.650. The molecule has 1 aliphatic heterocycles. The zero-order chi connectivity index (χ0) is 17.4. The van der Waals surface area contributed by atoms with Gasteiger partial charge in [0.1, 0.15) is 0 Å². The van der Waals surface area contributed by atoms with E-state index in [1.165, 1.54) is 11.1 Å². The molecule has 1 aromatic rings. The second kappa shape index (κ2) is 6.61. The number of hydrogen-bond donors (Lipinski definition) is 2. The molecule has 2 N–H and O–H groups in total. The highest BCUT2D eigenvalue weighted by Gasteiger charge is 2.56. The zero-order valence-electron chi connectivity index (χ0n) is 14.9. The van der Waals surface area contributed by atoms with Crippen molar-refractivity contribution in [2.45, 2.75) is 57.3 Å². The van der Waals surface area contributed by atoms with Crippen LogP contribution in [0.3, 0.4) is 0 Å². The van der Waals surface area contributed by atoms with Crippen molar-refractivity contribution in [2.24, 2.45) is 5.41 Å². The van der Waals surface area contributed by atoms with Crippen LogP contribution in [0.5, 0.6) is 0 Å². The lowest BCUT2D eigenvalue weighted by molar-refractivity contribution is -0.207. The number of carbonyl (C=O) groups is 1. The zero-order valence-corrected chi connectivity index (χ0v) is 14.9. The van der Waals surface area contributed by atoms with Crippen LogP contribution in [0.1, 0.15) is 37.3 Å². The molecule has 5 heteroatoms. The van der Waals surface area contributed by atoms with Crippen molar-refractivity contribution in [2.75, 3.05) is 19.7 Å². The number of amides is 2. The Bertz CT molecular complexity index is 613. The van der Waals surface area contributed by atoms with E-state index in [0.717, 1.165) is 32.1 Å². The molecule has 1 saturated carbocycles. The third kappa shape index (κ3) is 2.93. The molecule has 25 heavy (non-hydrogen) atoms. The van der Waals surface area contributed by atoms with Crippen LogP contribution in [0.2, 0.25) is 0 Å². The Morgan fingerprint density at radius 3 is 2.48 bits per heavy atom. The predicted molar refractivity (Wildman–Crippen MR) is 95.4 cm³/mol. The van der Waals surface area contributed by atoms with Crippen LogP contribution in [0.25, 0.3) is 0 Å². The largest absolute Gasteiger partial charge is 0.392 e. The molecule has 2 fully saturated rings. The van der Waals surface area contributed by atoms with Gasteiger partial charge in [-0.2, -0.15) is 0 Å². The molecule has 4 rings (SSSR count). The van der Waals surface area contributed by atoms with Gasteiger partial charge >= 0.3 is 6.03 Å². The summed E-state index contributed by atoms with van der Waals surface area (Å²) < 4.78 is 5.80. The first-order valence-corrected chi connectivity index (χ1v) is 9.54. The number of aliphatic hydroxyl groups excluding tert-OH is 1. The minimum absolute atomic E-state index is 0.0365. The molecule has 0 radical (unpaired) electrons. The van der Waals surface area contributed by atoms with Gasteiger partial charge in [0.05, 0.1) is 12.2 Å². The molecule has 2 amide bonds. The van der Waals surface area contributed by atoms with E-state index >= 15 is 0 Å². The highest BCUT2D eigenvalue weighted by molar-refractivity contribution is 5.75. The van der Waals surface area contributed by atoms with E-state index in [1.54, 1.807) is 0 Å². The van der Waals surface area contributed by atoms with Gasteiger partial charge in [0.25, 0.3) is 0 Å². The molecule has 0 bridgehead atoms. The number of aliphatic hydroxyl groups is 1. The number of fused-ring (bicyclic) bond motifs is 1. The van der Waals surface area contributed by atoms with Gasteiger partial charge in [-0.3, -0.25) is 0 Å². The van der Waals surface area contributed by atoms with E-state index < -0.39 is 0 Å². The van der Waals surface area contributed by atoms with Gasteiger partial charge in [-0.05, 0) is 43.7 Å². The lowest BCUT2D eigenvalue weighted by atomic mass is 9.58. The van der Waals surface area contributed by atoms with Gasteiger partial charge < -0.3 is 20.1 Å². The summed E-state index contributed by atoms with van der Waals surface area (Å²) in [6.07, 6.45) is 4.12. The number of rotatable bonds is 3. The molecule has 1 heterocycles. The summed E-state index contributed by atoms with van der Waals surface area (Å²) >= 11 is 0. The van der Waals surface area contributed by atoms with E-state index in [-0.39, 0.29) is 29.7 Å². The molecule has 1 saturated heterocycles. The van der Waals surface area contributed by atoms with Crippen molar-refractivity contribution in [1.29, 1.82) is 0 Å². The summed E-state index contributed by atoms with van der Waals surface area (Å²) in [5.74, 6) is 0. The van der Waals surface area contributed by atoms with E-state index in [1.807, 2.05) is 11.8 Å². The van der Waals surface area contributed by atoms with E-state index in [2.05, 4.69) is 29.6 Å². The molecule has 2 aliphatic carbocycles. The molecule has 1 spiro atoms. The third-order valence-corrected chi connectivity index (χ3v) is 6.47. The second-order valence-electron chi connectivity index (χ2n) is 7.74. The number of carbonyl (C=O) groups excluding carboxylic acids is 1. The molecular weight excluding hydrogens is 316 g/mol. The maximum absolute atomic E-state index is 12.6. The summed E-state index contributed by atoms with van der Waals surface area (Å²) in [5.41, 5.74) is 2.57. The summed E-state index contributed by atoms with van der Waals surface area (Å²) in [5, 5.41) is 13.5. The summed E-state index contributed by atoms with van der Waals surface area (Å²) in [6, 6.07) is 8.66. The Hall–Kier alpha value is -1.59. The number of benzene rings is 1. The van der Waals surface area contributed by atoms with Crippen LogP contribution in [0.15, 0.2) is 24.3 Å². The van der Waals surface area contributed by atoms with Crippen LogP contribution in [-0.2, 0) is 17.6 Å². The van der Waals surface area contributed by atoms with Crippen LogP contribution < -0.4 is 5.32 Å². The molecule has 136 valence electrons. The topological polar surface area (TPSA) is 61.8 Å². The first kappa shape index (κ1) is 16.9. The highest BCUT2D eigenvalue weighted by atomic mass is 16.5. The Labute approximate surface area is 149 Å². The fourth-order valence-electron chi connectivity index (χ4n) is 4.87. The van der Waals surface area contributed by atoms with Gasteiger partial charge in [-0.1, -0.05) is 24.3 Å². The number of urea groups is 1. The Kier molecular flexibility index (Phi) is 4.46. The van der Waals surface area contributed by atoms with Gasteiger partial charge in [-0.15, -0.1) is 0 Å². The van der Waals surface area contributed by atoms with Crippen molar-refractivity contribution in [3.05, 3.63) is 35.4 Å². The number of likely N-dealkylation sites (tertiary alicyclic amines) is 1. The van der Waals surface area contributed by atoms with Gasteiger partial charge in [-0.25, -0.2) is 4.79 Å². The van der Waals surface area contributed by atoms with Gasteiger partial charge in [0.15, 0.2) is 0 Å². The van der Waals surface area contributed by atoms with Crippen LogP contribution in [0, 0.1) is 5.41 Å². The third-order valence-electron chi connectivity index (χ3n) is 6.47. The molecular formula is C20H28N2O3. The Morgan fingerprint density at radius 1 is 1.28 bits per heavy atom. The Balaban J connectivity index is 1.30. The van der Waals surface area contributed by atoms with Crippen LogP contribution in [0.4, 0.5) is 4.79 Å². The van der Waals surface area contributed by atoms with E-state index in [4.69, 9.17) is 4.74 Å². The van der Waals surface area contributed by atoms with E-state index in [0.29, 0.717) is 19.7 Å². The molecule has 0 aromatic heterocycles. The first-order valence-electron chi connectivity index (χ1n) is 9.54. The molecule has 0 unspecified atom stereocenters. The maximum Gasteiger partial charge on any atom is 0.317 e. The number of ether oxygens (including phenoxy) is 1. The maximum atomic E-state index is 12.6. The lowest BCUT2D eigenvalue weighted by Gasteiger charge is -2.56. The average Bonchev–Trinajstić information content (AvgIpc) is 3.04. The van der Waals surface area contributed by atoms with Gasteiger partial charge in [0, 0.05) is 37.6 Å². The predicted octanol–water partition coefficient (Wildman–Crippen LogP) is 2.12. The molecule has 1 aromatic carbocycles. The first-order chi connectivity index (χ1) is 12.1. The molecule has 3 aliphatic rings.